The second kappa shape index (κ2) is 7.71. The Hall–Kier alpha value is -3.36. The van der Waals surface area contributed by atoms with Crippen molar-refractivity contribution in [3.05, 3.63) is 48.6 Å². The van der Waals surface area contributed by atoms with E-state index in [9.17, 15) is 9.59 Å². The minimum atomic E-state index is -1.07. The average Bonchev–Trinajstić information content (AvgIpc) is 3.28. The first-order valence-electron chi connectivity index (χ1n) is 9.08. The smallest absolute Gasteiger partial charge is 0.320 e. The van der Waals surface area contributed by atoms with Crippen LogP contribution in [0, 0.1) is 5.92 Å². The molecule has 4 rings (SSSR count). The molecule has 0 aromatic carbocycles. The Labute approximate surface area is 162 Å². The number of guanidine groups is 1. The van der Waals surface area contributed by atoms with Crippen molar-refractivity contribution in [2.75, 3.05) is 38.2 Å². The van der Waals surface area contributed by atoms with Gasteiger partial charge in [0.15, 0.2) is 5.92 Å². The predicted octanol–water partition coefficient (Wildman–Crippen LogP) is 0.813. The summed E-state index contributed by atoms with van der Waals surface area (Å²) in [6, 6.07) is 8.49. The van der Waals surface area contributed by atoms with Gasteiger partial charge in [-0.25, -0.2) is 9.98 Å². The van der Waals surface area contributed by atoms with Crippen LogP contribution in [0.5, 0.6) is 0 Å². The van der Waals surface area contributed by atoms with E-state index in [4.69, 9.17) is 9.15 Å². The summed E-state index contributed by atoms with van der Waals surface area (Å²) in [5, 5.41) is 2.76. The lowest BCUT2D eigenvalue weighted by Crippen LogP contribution is -2.57. The lowest BCUT2D eigenvalue weighted by atomic mass is 9.95. The maximum absolute atomic E-state index is 12.7. The number of anilines is 1. The Morgan fingerprint density at radius 1 is 1.18 bits per heavy atom. The third-order valence-electron chi connectivity index (χ3n) is 4.94. The first-order valence-corrected chi connectivity index (χ1v) is 9.08. The molecule has 0 bridgehead atoms. The summed E-state index contributed by atoms with van der Waals surface area (Å²) in [5.74, 6) is -0.320. The second-order valence-electron chi connectivity index (χ2n) is 6.57. The topological polar surface area (TPSA) is 100 Å². The SMILES string of the molecule is COC(=O)[C@H]1C(=O)NC(N2CCN(c3ccccn3)CC2)=N[C@@H]1c1ccco1. The van der Waals surface area contributed by atoms with Gasteiger partial charge in [0.1, 0.15) is 17.6 Å². The molecule has 1 fully saturated rings. The number of hydrogen-bond acceptors (Lipinski definition) is 8. The Bertz CT molecular complexity index is 860. The van der Waals surface area contributed by atoms with Gasteiger partial charge < -0.3 is 19.0 Å². The molecule has 9 nitrogen and oxygen atoms in total. The van der Waals surface area contributed by atoms with Crippen molar-refractivity contribution in [3.8, 4) is 0 Å². The number of carbonyl (C=O) groups excluding carboxylic acids is 2. The maximum atomic E-state index is 12.7. The Balaban J connectivity index is 1.53. The second-order valence-corrected chi connectivity index (χ2v) is 6.57. The third kappa shape index (κ3) is 3.42. The van der Waals surface area contributed by atoms with Gasteiger partial charge in [0, 0.05) is 32.4 Å². The van der Waals surface area contributed by atoms with Crippen LogP contribution in [0.4, 0.5) is 5.82 Å². The lowest BCUT2D eigenvalue weighted by molar-refractivity contribution is -0.151. The highest BCUT2D eigenvalue weighted by Crippen LogP contribution is 2.31. The van der Waals surface area contributed by atoms with Gasteiger partial charge in [0.2, 0.25) is 11.9 Å². The van der Waals surface area contributed by atoms with Crippen LogP contribution in [0.3, 0.4) is 0 Å². The summed E-state index contributed by atoms with van der Waals surface area (Å²) >= 11 is 0. The van der Waals surface area contributed by atoms with Crippen molar-refractivity contribution in [1.29, 1.82) is 0 Å². The molecule has 9 heteroatoms. The highest BCUT2D eigenvalue weighted by Gasteiger charge is 2.43. The molecule has 2 atom stereocenters. The fourth-order valence-electron chi connectivity index (χ4n) is 3.47. The van der Waals surface area contributed by atoms with Gasteiger partial charge in [-0.15, -0.1) is 0 Å². The number of carbonyl (C=O) groups is 2. The molecule has 0 saturated carbocycles. The molecule has 0 radical (unpaired) electrons. The molecule has 0 spiro atoms. The Morgan fingerprint density at radius 2 is 1.96 bits per heavy atom. The molecule has 0 unspecified atom stereocenters. The van der Waals surface area contributed by atoms with E-state index in [1.54, 1.807) is 18.3 Å². The van der Waals surface area contributed by atoms with Crippen molar-refractivity contribution in [3.63, 3.8) is 0 Å². The summed E-state index contributed by atoms with van der Waals surface area (Å²) in [5.41, 5.74) is 0. The molecule has 2 aliphatic heterocycles. The summed E-state index contributed by atoms with van der Waals surface area (Å²) < 4.78 is 10.2. The van der Waals surface area contributed by atoms with E-state index in [0.717, 1.165) is 18.9 Å². The van der Waals surface area contributed by atoms with Crippen LogP contribution >= 0.6 is 0 Å². The minimum absolute atomic E-state index is 0.439. The molecule has 0 aliphatic carbocycles. The predicted molar refractivity (Wildman–Crippen MR) is 101 cm³/mol. The monoisotopic (exact) mass is 383 g/mol. The van der Waals surface area contributed by atoms with Crippen molar-refractivity contribution < 1.29 is 18.7 Å². The van der Waals surface area contributed by atoms with Crippen LogP contribution in [0.1, 0.15) is 11.8 Å². The van der Waals surface area contributed by atoms with Crippen LogP contribution in [0.25, 0.3) is 0 Å². The van der Waals surface area contributed by atoms with Crippen LogP contribution in [-0.2, 0) is 14.3 Å². The summed E-state index contributed by atoms with van der Waals surface area (Å²) in [7, 11) is 1.25. The van der Waals surface area contributed by atoms with Gasteiger partial charge >= 0.3 is 5.97 Å². The largest absolute Gasteiger partial charge is 0.468 e. The standard InChI is InChI=1S/C19H21N5O4/c1-27-18(26)15-16(13-5-4-12-28-13)21-19(22-17(15)25)24-10-8-23(9-11-24)14-6-2-3-7-20-14/h2-7,12,15-16H,8-11H2,1H3,(H,21,22,25)/t15-,16-/m1/s1. The lowest BCUT2D eigenvalue weighted by Gasteiger charge is -2.39. The van der Waals surface area contributed by atoms with Gasteiger partial charge in [-0.2, -0.15) is 0 Å². The fourth-order valence-corrected chi connectivity index (χ4v) is 3.47. The zero-order valence-electron chi connectivity index (χ0n) is 15.4. The number of piperazine rings is 1. The molecular weight excluding hydrogens is 362 g/mol. The van der Waals surface area contributed by atoms with Crippen molar-refractivity contribution in [1.82, 2.24) is 15.2 Å². The van der Waals surface area contributed by atoms with Crippen LogP contribution in [-0.4, -0.2) is 61.0 Å². The maximum Gasteiger partial charge on any atom is 0.320 e. The summed E-state index contributed by atoms with van der Waals surface area (Å²) in [6.45, 7) is 2.84. The number of rotatable bonds is 3. The van der Waals surface area contributed by atoms with Crippen LogP contribution < -0.4 is 10.2 Å². The number of ether oxygens (including phenoxy) is 1. The molecule has 2 aliphatic rings. The molecule has 2 aromatic rings. The van der Waals surface area contributed by atoms with Gasteiger partial charge in [0.05, 0.1) is 13.4 Å². The molecule has 1 saturated heterocycles. The number of hydrogen-bond donors (Lipinski definition) is 1. The number of esters is 1. The van der Waals surface area contributed by atoms with Crippen molar-refractivity contribution in [2.24, 2.45) is 10.9 Å². The highest BCUT2D eigenvalue weighted by molar-refractivity contribution is 6.08. The van der Waals surface area contributed by atoms with Crippen LogP contribution in [0.15, 0.2) is 52.2 Å². The minimum Gasteiger partial charge on any atom is -0.468 e. The molecule has 2 aromatic heterocycles. The number of pyridine rings is 1. The number of aromatic nitrogens is 1. The Morgan fingerprint density at radius 3 is 2.61 bits per heavy atom. The van der Waals surface area contributed by atoms with Gasteiger partial charge in [-0.05, 0) is 24.3 Å². The van der Waals surface area contributed by atoms with Crippen molar-refractivity contribution >= 4 is 23.7 Å². The Kier molecular flexibility index (Phi) is 4.96. The van der Waals surface area contributed by atoms with Crippen LogP contribution in [0.2, 0.25) is 0 Å². The molecule has 28 heavy (non-hydrogen) atoms. The van der Waals surface area contributed by atoms with Gasteiger partial charge in [0.25, 0.3) is 0 Å². The van der Waals surface area contributed by atoms with E-state index >= 15 is 0 Å². The van der Waals surface area contributed by atoms with E-state index < -0.39 is 23.8 Å². The molecule has 4 heterocycles. The number of nitrogens with one attached hydrogen (secondary N) is 1. The first-order chi connectivity index (χ1) is 13.7. The zero-order chi connectivity index (χ0) is 19.5. The molecule has 1 amide bonds. The average molecular weight is 383 g/mol. The molecular formula is C19H21N5O4. The number of aliphatic imine (C=N–C) groups is 1. The first kappa shape index (κ1) is 18.0. The normalized spacial score (nSPS) is 22.5. The van der Waals surface area contributed by atoms with E-state index in [2.05, 4.69) is 20.2 Å². The van der Waals surface area contributed by atoms with E-state index in [1.165, 1.54) is 13.4 Å². The number of methoxy groups -OCH3 is 1. The fraction of sp³-hybridized carbons (Fsp3) is 0.368. The zero-order valence-corrected chi connectivity index (χ0v) is 15.4. The summed E-state index contributed by atoms with van der Waals surface area (Å²) in [6.07, 6.45) is 3.27. The number of amides is 1. The van der Waals surface area contributed by atoms with Gasteiger partial charge in [-0.3, -0.25) is 14.9 Å². The molecule has 1 N–H and O–H groups in total. The molecule has 146 valence electrons. The van der Waals surface area contributed by atoms with Crippen molar-refractivity contribution in [2.45, 2.75) is 6.04 Å². The number of furan rings is 1. The highest BCUT2D eigenvalue weighted by atomic mass is 16.5. The van der Waals surface area contributed by atoms with E-state index in [0.29, 0.717) is 24.8 Å². The van der Waals surface area contributed by atoms with Gasteiger partial charge in [-0.1, -0.05) is 6.07 Å². The quantitative estimate of drug-likeness (QED) is 0.618. The van der Waals surface area contributed by atoms with E-state index in [-0.39, 0.29) is 0 Å². The van der Waals surface area contributed by atoms with E-state index in [1.807, 2.05) is 23.1 Å². The number of nitrogens with zero attached hydrogens (tertiary/aromatic N) is 4. The third-order valence-corrected chi connectivity index (χ3v) is 4.94. The summed E-state index contributed by atoms with van der Waals surface area (Å²) in [4.78, 5) is 38.0.